The van der Waals surface area contributed by atoms with Gasteiger partial charge < -0.3 is 9.47 Å². The van der Waals surface area contributed by atoms with Gasteiger partial charge in [0, 0.05) is 16.8 Å². The van der Waals surface area contributed by atoms with Gasteiger partial charge in [-0.2, -0.15) is 5.10 Å². The third kappa shape index (κ3) is 6.15. The van der Waals surface area contributed by atoms with Gasteiger partial charge in [0.2, 0.25) is 5.91 Å². The molecule has 0 saturated carbocycles. The number of nitrogens with zero attached hydrogens (tertiary/aromatic N) is 2. The van der Waals surface area contributed by atoms with E-state index in [2.05, 4.69) is 29.8 Å². The topological polar surface area (TPSA) is 94.5 Å². The van der Waals surface area contributed by atoms with Crippen LogP contribution in [0.2, 0.25) is 0 Å². The number of aromatic nitrogens is 2. The van der Waals surface area contributed by atoms with Gasteiger partial charge in [-0.15, -0.1) is 0 Å². The Morgan fingerprint density at radius 2 is 1.76 bits per heavy atom. The second-order valence-corrected chi connectivity index (χ2v) is 8.47. The normalized spacial score (nSPS) is 10.8. The van der Waals surface area contributed by atoms with Crippen LogP contribution in [-0.2, 0) is 11.2 Å². The summed E-state index contributed by atoms with van der Waals surface area (Å²) in [6.07, 6.45) is 1.01. The molecule has 0 unspecified atom stereocenters. The zero-order valence-corrected chi connectivity index (χ0v) is 20.3. The molecule has 0 saturated heterocycles. The van der Waals surface area contributed by atoms with Crippen LogP contribution in [0, 0.1) is 19.8 Å². The monoisotopic (exact) mass is 464 g/mol. The smallest absolute Gasteiger partial charge is 0.269 e. The Morgan fingerprint density at radius 1 is 1.03 bits per heavy atom. The Labute approximate surface area is 200 Å². The molecule has 8 heteroatoms. The SMILES string of the molecule is COc1cc(C(=O)NNC(=O)Cc2c(C)nn(-c3ccccc3)c2C)ccc1OCCC(C)C. The first-order valence-corrected chi connectivity index (χ1v) is 11.3. The van der Waals surface area contributed by atoms with Gasteiger partial charge in [0.15, 0.2) is 11.5 Å². The molecule has 34 heavy (non-hydrogen) atoms. The van der Waals surface area contributed by atoms with Gasteiger partial charge in [-0.05, 0) is 56.5 Å². The van der Waals surface area contributed by atoms with Gasteiger partial charge in [0.05, 0.1) is 31.5 Å². The average molecular weight is 465 g/mol. The van der Waals surface area contributed by atoms with E-state index < -0.39 is 5.91 Å². The third-order valence-corrected chi connectivity index (χ3v) is 5.47. The summed E-state index contributed by atoms with van der Waals surface area (Å²) in [7, 11) is 1.52. The van der Waals surface area contributed by atoms with E-state index in [1.54, 1.807) is 18.2 Å². The third-order valence-electron chi connectivity index (χ3n) is 5.47. The van der Waals surface area contributed by atoms with Crippen LogP contribution in [0.1, 0.15) is 47.6 Å². The molecule has 0 spiro atoms. The lowest BCUT2D eigenvalue weighted by atomic mass is 10.1. The van der Waals surface area contributed by atoms with Crippen molar-refractivity contribution >= 4 is 11.8 Å². The van der Waals surface area contributed by atoms with Crippen LogP contribution in [-0.4, -0.2) is 35.3 Å². The van der Waals surface area contributed by atoms with E-state index in [0.29, 0.717) is 29.6 Å². The molecule has 0 bridgehead atoms. The summed E-state index contributed by atoms with van der Waals surface area (Å²) in [4.78, 5) is 25.1. The van der Waals surface area contributed by atoms with E-state index in [4.69, 9.17) is 9.47 Å². The fourth-order valence-electron chi connectivity index (χ4n) is 3.49. The maximum absolute atomic E-state index is 12.6. The predicted octanol–water partition coefficient (Wildman–Crippen LogP) is 3.93. The highest BCUT2D eigenvalue weighted by molar-refractivity contribution is 5.96. The van der Waals surface area contributed by atoms with Gasteiger partial charge in [0.1, 0.15) is 0 Å². The van der Waals surface area contributed by atoms with Crippen molar-refractivity contribution in [3.05, 3.63) is 71.0 Å². The van der Waals surface area contributed by atoms with E-state index in [9.17, 15) is 9.59 Å². The quantitative estimate of drug-likeness (QED) is 0.468. The molecule has 2 amide bonds. The fourth-order valence-corrected chi connectivity index (χ4v) is 3.49. The average Bonchev–Trinajstić information content (AvgIpc) is 3.11. The van der Waals surface area contributed by atoms with Crippen molar-refractivity contribution in [2.45, 2.75) is 40.5 Å². The Bertz CT molecular complexity index is 1140. The molecule has 0 fully saturated rings. The molecule has 0 radical (unpaired) electrons. The highest BCUT2D eigenvalue weighted by Gasteiger charge is 2.17. The summed E-state index contributed by atoms with van der Waals surface area (Å²) in [6.45, 7) is 8.60. The number of benzene rings is 2. The Morgan fingerprint density at radius 3 is 2.44 bits per heavy atom. The summed E-state index contributed by atoms with van der Waals surface area (Å²) in [5.41, 5.74) is 8.68. The highest BCUT2D eigenvalue weighted by atomic mass is 16.5. The minimum atomic E-state index is -0.450. The number of methoxy groups -OCH3 is 1. The highest BCUT2D eigenvalue weighted by Crippen LogP contribution is 2.28. The number of hydrogen-bond acceptors (Lipinski definition) is 5. The zero-order valence-electron chi connectivity index (χ0n) is 20.3. The van der Waals surface area contributed by atoms with Gasteiger partial charge in [0.25, 0.3) is 5.91 Å². The summed E-state index contributed by atoms with van der Waals surface area (Å²) < 4.78 is 12.9. The fraction of sp³-hybridized carbons (Fsp3) is 0.346. The largest absolute Gasteiger partial charge is 0.493 e. The number of hydrazine groups is 1. The molecular weight excluding hydrogens is 432 g/mol. The molecule has 2 aromatic carbocycles. The Hall–Kier alpha value is -3.81. The van der Waals surface area contributed by atoms with Crippen LogP contribution in [0.3, 0.4) is 0 Å². The van der Waals surface area contributed by atoms with E-state index in [1.807, 2.05) is 48.9 Å². The molecule has 1 aromatic heterocycles. The second-order valence-electron chi connectivity index (χ2n) is 8.47. The van der Waals surface area contributed by atoms with E-state index in [1.165, 1.54) is 7.11 Å². The van der Waals surface area contributed by atoms with Gasteiger partial charge in [-0.3, -0.25) is 20.4 Å². The molecule has 180 valence electrons. The lowest BCUT2D eigenvalue weighted by Gasteiger charge is -2.13. The molecular formula is C26H32N4O4. The number of aryl methyl sites for hydroxylation is 1. The van der Waals surface area contributed by atoms with Crippen molar-refractivity contribution in [2.75, 3.05) is 13.7 Å². The predicted molar refractivity (Wildman–Crippen MR) is 130 cm³/mol. The van der Waals surface area contributed by atoms with Gasteiger partial charge >= 0.3 is 0 Å². The molecule has 0 aliphatic rings. The van der Waals surface area contributed by atoms with Crippen LogP contribution in [0.4, 0.5) is 0 Å². The number of amides is 2. The summed E-state index contributed by atoms with van der Waals surface area (Å²) >= 11 is 0. The van der Waals surface area contributed by atoms with Crippen molar-refractivity contribution in [1.29, 1.82) is 0 Å². The molecule has 1 heterocycles. The Kier molecular flexibility index (Phi) is 8.29. The number of nitrogens with one attached hydrogen (secondary N) is 2. The Balaban J connectivity index is 1.60. The molecule has 0 atom stereocenters. The standard InChI is InChI=1S/C26H32N4O4/c1-17(2)13-14-34-23-12-11-20(15-24(23)33-5)26(32)28-27-25(31)16-22-18(3)29-30(19(22)4)21-9-7-6-8-10-21/h6-12,15,17H,13-14,16H2,1-5H3,(H,27,31)(H,28,32). The lowest BCUT2D eigenvalue weighted by Crippen LogP contribution is -2.42. The minimum absolute atomic E-state index is 0.0940. The molecule has 3 aromatic rings. The summed E-state index contributed by atoms with van der Waals surface area (Å²) in [5, 5.41) is 4.56. The molecule has 2 N–H and O–H groups in total. The lowest BCUT2D eigenvalue weighted by molar-refractivity contribution is -0.121. The summed E-state index contributed by atoms with van der Waals surface area (Å²) in [6, 6.07) is 14.6. The maximum atomic E-state index is 12.6. The zero-order chi connectivity index (χ0) is 24.7. The van der Waals surface area contributed by atoms with E-state index in [-0.39, 0.29) is 12.3 Å². The number of carbonyl (C=O) groups is 2. The number of ether oxygens (including phenoxy) is 2. The van der Waals surface area contributed by atoms with Crippen molar-refractivity contribution in [3.63, 3.8) is 0 Å². The van der Waals surface area contributed by atoms with Crippen LogP contribution < -0.4 is 20.3 Å². The second kappa shape index (κ2) is 11.4. The van der Waals surface area contributed by atoms with Crippen molar-refractivity contribution in [3.8, 4) is 17.2 Å². The van der Waals surface area contributed by atoms with Crippen molar-refractivity contribution < 1.29 is 19.1 Å². The minimum Gasteiger partial charge on any atom is -0.493 e. The molecule has 0 aliphatic carbocycles. The van der Waals surface area contributed by atoms with Crippen LogP contribution in [0.25, 0.3) is 5.69 Å². The molecule has 0 aliphatic heterocycles. The first kappa shape index (κ1) is 24.8. The number of para-hydroxylation sites is 1. The number of carbonyl (C=O) groups excluding carboxylic acids is 2. The van der Waals surface area contributed by atoms with Crippen LogP contribution in [0.15, 0.2) is 48.5 Å². The van der Waals surface area contributed by atoms with Crippen LogP contribution in [0.5, 0.6) is 11.5 Å². The number of hydrogen-bond donors (Lipinski definition) is 2. The van der Waals surface area contributed by atoms with E-state index >= 15 is 0 Å². The van der Waals surface area contributed by atoms with Gasteiger partial charge in [-0.25, -0.2) is 4.68 Å². The van der Waals surface area contributed by atoms with Crippen LogP contribution >= 0.6 is 0 Å². The van der Waals surface area contributed by atoms with Crippen molar-refractivity contribution in [1.82, 2.24) is 20.6 Å². The summed E-state index contributed by atoms with van der Waals surface area (Å²) in [5.74, 6) is 0.772. The first-order valence-electron chi connectivity index (χ1n) is 11.3. The van der Waals surface area contributed by atoms with E-state index in [0.717, 1.165) is 29.1 Å². The number of rotatable bonds is 9. The molecule has 3 rings (SSSR count). The van der Waals surface area contributed by atoms with Gasteiger partial charge in [-0.1, -0.05) is 32.0 Å². The molecule has 8 nitrogen and oxygen atoms in total. The van der Waals surface area contributed by atoms with Crippen molar-refractivity contribution in [2.24, 2.45) is 5.92 Å². The maximum Gasteiger partial charge on any atom is 0.269 e. The first-order chi connectivity index (χ1) is 16.3.